The number of aromatic amines is 1. The van der Waals surface area contributed by atoms with E-state index < -0.39 is 8.07 Å². The number of anilines is 3. The largest absolute Gasteiger partial charge is 0.353 e. The van der Waals surface area contributed by atoms with Crippen molar-refractivity contribution >= 4 is 91.5 Å². The molecule has 2 atom stereocenters. The predicted molar refractivity (Wildman–Crippen MR) is 256 cm³/mol. The van der Waals surface area contributed by atoms with Crippen molar-refractivity contribution in [1.29, 1.82) is 0 Å². The summed E-state index contributed by atoms with van der Waals surface area (Å²) in [7, 11) is -0.134. The highest BCUT2D eigenvalue weighted by atomic mass is 28.3. The van der Waals surface area contributed by atoms with Gasteiger partial charge in [-0.1, -0.05) is 169 Å². The van der Waals surface area contributed by atoms with Crippen LogP contribution < -0.4 is 31.4 Å². The van der Waals surface area contributed by atoms with E-state index in [2.05, 4.69) is 214 Å². The Bertz CT molecular complexity index is 3260. The van der Waals surface area contributed by atoms with Crippen LogP contribution in [0.4, 0.5) is 17.1 Å². The second kappa shape index (κ2) is 12.9. The van der Waals surface area contributed by atoms with Crippen molar-refractivity contribution in [2.45, 2.75) is 32.7 Å². The molecule has 2 nitrogen and oxygen atoms in total. The Balaban J connectivity index is 1.19. The van der Waals surface area contributed by atoms with Crippen molar-refractivity contribution in [3.63, 3.8) is 0 Å². The molecule has 1 radical (unpaired) electrons. The van der Waals surface area contributed by atoms with Gasteiger partial charge in [-0.15, -0.1) is 0 Å². The summed E-state index contributed by atoms with van der Waals surface area (Å²) in [4.78, 5) is 6.65. The maximum Gasteiger partial charge on any atom is 0.197 e. The van der Waals surface area contributed by atoms with Gasteiger partial charge in [-0.25, -0.2) is 0 Å². The molecule has 0 amide bonds. The summed E-state index contributed by atoms with van der Waals surface area (Å²) in [6.45, 7) is 6.76. The van der Waals surface area contributed by atoms with Crippen molar-refractivity contribution < 1.29 is 0 Å². The summed E-state index contributed by atoms with van der Waals surface area (Å²) >= 11 is 0. The Morgan fingerprint density at radius 2 is 1.36 bits per heavy atom. The van der Waals surface area contributed by atoms with Crippen LogP contribution in [0.5, 0.6) is 0 Å². The average molecular weight is 770 g/mol. The maximum absolute atomic E-state index is 4.00. The number of nitrogens with one attached hydrogen (secondary N) is 1. The highest BCUT2D eigenvalue weighted by Crippen LogP contribution is 2.46. The van der Waals surface area contributed by atoms with Crippen molar-refractivity contribution in [2.75, 3.05) is 4.90 Å². The fraction of sp³-hybridized carbons (Fsp3) is 0.0909. The van der Waals surface area contributed by atoms with Crippen LogP contribution in [0, 0.1) is 20.8 Å². The monoisotopic (exact) mass is 769 g/mol. The van der Waals surface area contributed by atoms with Gasteiger partial charge in [0.1, 0.15) is 0 Å². The van der Waals surface area contributed by atoms with E-state index in [0.29, 0.717) is 5.54 Å². The van der Waals surface area contributed by atoms with Crippen molar-refractivity contribution in [3.05, 3.63) is 193 Å². The second-order valence-electron chi connectivity index (χ2n) is 16.9. The number of hydrogen-bond donors (Lipinski definition) is 1. The highest BCUT2D eigenvalue weighted by molar-refractivity contribution is 7.14. The Labute approximate surface area is 347 Å². The lowest BCUT2D eigenvalue weighted by atomic mass is 9.58. The molecule has 0 saturated carbocycles. The van der Waals surface area contributed by atoms with E-state index in [1.54, 1.807) is 0 Å². The Kier molecular flexibility index (Phi) is 7.55. The number of H-pyrrole nitrogens is 1. The molecule has 0 fully saturated rings. The molecule has 0 saturated heterocycles. The molecule has 2 aliphatic heterocycles. The number of rotatable bonds is 4. The fourth-order valence-corrected chi connectivity index (χ4v) is 17.0. The lowest BCUT2D eigenvalue weighted by Gasteiger charge is -2.50. The Morgan fingerprint density at radius 3 is 2.20 bits per heavy atom. The van der Waals surface area contributed by atoms with Crippen molar-refractivity contribution in [1.82, 2.24) is 4.98 Å². The minimum absolute atomic E-state index is 0.376. The minimum Gasteiger partial charge on any atom is -0.353 e. The molecule has 1 aromatic heterocycles. The first-order chi connectivity index (χ1) is 29.0. The number of allylic oxidation sites excluding steroid dienone is 4. The van der Waals surface area contributed by atoms with Crippen molar-refractivity contribution in [3.8, 4) is 22.3 Å². The molecular formula is C55H42BN2Si. The Hall–Kier alpha value is -6.62. The molecule has 12 rings (SSSR count). The average Bonchev–Trinajstić information content (AvgIpc) is 3.66. The van der Waals surface area contributed by atoms with Crippen LogP contribution in [0.3, 0.4) is 0 Å². The van der Waals surface area contributed by atoms with Crippen LogP contribution in [-0.4, -0.2) is 20.3 Å². The topological polar surface area (TPSA) is 19.0 Å². The third-order valence-corrected chi connectivity index (χ3v) is 18.9. The van der Waals surface area contributed by atoms with Crippen LogP contribution in [0.15, 0.2) is 176 Å². The molecule has 279 valence electrons. The molecule has 4 heteroatoms. The molecule has 0 bridgehead atoms. The SMILES string of the molecule is Cc1cc(C)c(-c2cc(-c3cccc4c3[nH]c3c5ccccc5ccc43)c3c(c2)N2c4ccccc4[Si](c4ccccc4)(C4C=CC=CC4)c4cccc(c42)[B]3)c(C)c1. The van der Waals surface area contributed by atoms with Gasteiger partial charge >= 0.3 is 0 Å². The zero-order valence-corrected chi connectivity index (χ0v) is 34.6. The molecule has 59 heavy (non-hydrogen) atoms. The minimum atomic E-state index is -2.64. The van der Waals surface area contributed by atoms with Crippen molar-refractivity contribution in [2.24, 2.45) is 0 Å². The number of nitrogens with zero attached hydrogens (tertiary/aromatic N) is 1. The molecule has 8 aromatic carbocycles. The predicted octanol–water partition coefficient (Wildman–Crippen LogP) is 10.8. The highest BCUT2D eigenvalue weighted by Gasteiger charge is 2.52. The summed E-state index contributed by atoms with van der Waals surface area (Å²) in [6.07, 6.45) is 10.4. The number of benzene rings is 8. The van der Waals surface area contributed by atoms with Gasteiger partial charge < -0.3 is 9.88 Å². The van der Waals surface area contributed by atoms with E-state index in [-0.39, 0.29) is 0 Å². The first-order valence-electron chi connectivity index (χ1n) is 21.0. The fourth-order valence-electron chi connectivity index (χ4n) is 11.3. The number of fused-ring (bicyclic) bond motifs is 9. The molecule has 9 aromatic rings. The normalized spacial score (nSPS) is 17.5. The number of aromatic nitrogens is 1. The lowest BCUT2D eigenvalue weighted by Crippen LogP contribution is -2.73. The number of para-hydroxylation sites is 3. The number of hydrogen-bond acceptors (Lipinski definition) is 1. The molecule has 0 spiro atoms. The molecule has 3 heterocycles. The zero-order chi connectivity index (χ0) is 39.4. The number of aryl methyl sites for hydroxylation is 3. The van der Waals surface area contributed by atoms with Crippen LogP contribution in [0.2, 0.25) is 5.54 Å². The molecule has 3 aliphatic rings. The van der Waals surface area contributed by atoms with E-state index in [4.69, 9.17) is 0 Å². The summed E-state index contributed by atoms with van der Waals surface area (Å²) in [5, 5.41) is 9.44. The molecular weight excluding hydrogens is 728 g/mol. The van der Waals surface area contributed by atoms with Crippen LogP contribution in [0.1, 0.15) is 23.1 Å². The van der Waals surface area contributed by atoms with Gasteiger partial charge in [0, 0.05) is 38.8 Å². The Morgan fingerprint density at radius 1 is 0.610 bits per heavy atom. The zero-order valence-electron chi connectivity index (χ0n) is 33.6. The van der Waals surface area contributed by atoms with Crippen LogP contribution >= 0.6 is 0 Å². The third-order valence-electron chi connectivity index (χ3n) is 13.5. The summed E-state index contributed by atoms with van der Waals surface area (Å²) < 4.78 is 0. The van der Waals surface area contributed by atoms with E-state index >= 15 is 0 Å². The van der Waals surface area contributed by atoms with Gasteiger partial charge in [0.15, 0.2) is 15.4 Å². The van der Waals surface area contributed by atoms with Gasteiger partial charge in [0.05, 0.1) is 11.0 Å². The van der Waals surface area contributed by atoms with E-state index in [1.807, 2.05) is 0 Å². The van der Waals surface area contributed by atoms with E-state index in [1.165, 1.54) is 115 Å². The first-order valence-corrected chi connectivity index (χ1v) is 23.0. The van der Waals surface area contributed by atoms with Gasteiger partial charge in [0.2, 0.25) is 0 Å². The smallest absolute Gasteiger partial charge is 0.197 e. The maximum atomic E-state index is 4.00. The summed E-state index contributed by atoms with van der Waals surface area (Å²) in [6, 6.07) is 57.8. The van der Waals surface area contributed by atoms with Gasteiger partial charge in [-0.3, -0.25) is 0 Å². The van der Waals surface area contributed by atoms with E-state index in [0.717, 1.165) is 6.42 Å². The molecule has 2 unspecified atom stereocenters. The first kappa shape index (κ1) is 34.4. The van der Waals surface area contributed by atoms with E-state index in [9.17, 15) is 0 Å². The quantitative estimate of drug-likeness (QED) is 0.177. The molecule has 1 N–H and O–H groups in total. The van der Waals surface area contributed by atoms with Gasteiger partial charge in [-0.05, 0) is 105 Å². The standard InChI is InChI=1S/C55H42BN2Si/c1-34-30-35(2)51(36(3)31-34)38-32-45(43-23-14-22-42-44-29-28-37-16-10-11-21-41(37)53(44)57-54(42)43)52-48(33-38)58-47-25-12-13-26-49(47)59(39-17-6-4-7-18-39,40-19-8-5-9-20-40)50-27-15-24-46(56-52)55(50)58/h4-19,21-33,40,57H,20H2,1-3H3. The summed E-state index contributed by atoms with van der Waals surface area (Å²) in [5.74, 6) is 0. The summed E-state index contributed by atoms with van der Waals surface area (Å²) in [5.41, 5.74) is 18.1. The van der Waals surface area contributed by atoms with Gasteiger partial charge in [-0.2, -0.15) is 0 Å². The molecule has 1 aliphatic carbocycles. The second-order valence-corrected chi connectivity index (χ2v) is 20.9. The van der Waals surface area contributed by atoms with Crippen LogP contribution in [0.25, 0.3) is 54.8 Å². The lowest BCUT2D eigenvalue weighted by molar-refractivity contribution is 0.995. The van der Waals surface area contributed by atoms with Crippen LogP contribution in [-0.2, 0) is 0 Å². The third kappa shape index (κ3) is 4.87. The van der Waals surface area contributed by atoms with Gasteiger partial charge in [0.25, 0.3) is 0 Å².